The molecule has 0 saturated carbocycles. The van der Waals surface area contributed by atoms with Gasteiger partial charge in [-0.1, -0.05) is 152 Å². The van der Waals surface area contributed by atoms with Gasteiger partial charge < -0.3 is 4.74 Å². The Morgan fingerprint density at radius 2 is 0.800 bits per heavy atom. The average molecular weight is 639 g/mol. The molecule has 3 heteroatoms. The molecule has 0 atom stereocenters. The van der Waals surface area contributed by atoms with Crippen LogP contribution >= 0.6 is 0 Å². The van der Waals surface area contributed by atoms with E-state index in [9.17, 15) is 0 Å². The molecule has 0 N–H and O–H groups in total. The van der Waals surface area contributed by atoms with Gasteiger partial charge in [0.15, 0.2) is 0 Å². The van der Waals surface area contributed by atoms with Gasteiger partial charge in [-0.3, -0.25) is 0 Å². The number of aromatic nitrogens is 2. The summed E-state index contributed by atoms with van der Waals surface area (Å²) in [4.78, 5) is 0. The molecule has 0 bridgehead atoms. The van der Waals surface area contributed by atoms with Crippen molar-refractivity contribution in [2.24, 2.45) is 0 Å². The van der Waals surface area contributed by atoms with Gasteiger partial charge in [0.1, 0.15) is 11.5 Å². The van der Waals surface area contributed by atoms with E-state index in [0.29, 0.717) is 0 Å². The fourth-order valence-corrected chi connectivity index (χ4v) is 8.00. The molecule has 7 aromatic carbocycles. The lowest BCUT2D eigenvalue weighted by Gasteiger charge is -2.39. The SMILES string of the molecule is c1ccc(-c2ccc(-c3ccc(-c4cccc(-c5ccc6c(c5)Oc5ccccc5C65c6ccccc6-c6ccccc65)c4)cc3)nn2)cc1. The van der Waals surface area contributed by atoms with E-state index in [2.05, 4.69) is 150 Å². The third-order valence-corrected chi connectivity index (χ3v) is 10.3. The van der Waals surface area contributed by atoms with Gasteiger partial charge in [0.2, 0.25) is 0 Å². The van der Waals surface area contributed by atoms with Crippen LogP contribution < -0.4 is 4.74 Å². The van der Waals surface area contributed by atoms with Gasteiger partial charge in [0.25, 0.3) is 0 Å². The van der Waals surface area contributed by atoms with E-state index in [0.717, 1.165) is 56.3 Å². The summed E-state index contributed by atoms with van der Waals surface area (Å²) in [6.07, 6.45) is 0. The number of para-hydroxylation sites is 1. The van der Waals surface area contributed by atoms with Crippen LogP contribution in [0.4, 0.5) is 0 Å². The van der Waals surface area contributed by atoms with Crippen LogP contribution in [-0.2, 0) is 5.41 Å². The molecule has 1 aliphatic heterocycles. The molecule has 50 heavy (non-hydrogen) atoms. The smallest absolute Gasteiger partial charge is 0.132 e. The maximum atomic E-state index is 6.75. The van der Waals surface area contributed by atoms with E-state index < -0.39 is 5.41 Å². The highest BCUT2D eigenvalue weighted by Crippen LogP contribution is 2.62. The van der Waals surface area contributed by atoms with Gasteiger partial charge in [0, 0.05) is 22.3 Å². The summed E-state index contributed by atoms with van der Waals surface area (Å²) in [5.74, 6) is 1.79. The van der Waals surface area contributed by atoms with Crippen LogP contribution in [0.5, 0.6) is 11.5 Å². The second-order valence-electron chi connectivity index (χ2n) is 13.0. The third kappa shape index (κ3) is 4.30. The lowest BCUT2D eigenvalue weighted by molar-refractivity contribution is 0.436. The fraction of sp³-hybridized carbons (Fsp3) is 0.0213. The predicted molar refractivity (Wildman–Crippen MR) is 201 cm³/mol. The van der Waals surface area contributed by atoms with E-state index in [-0.39, 0.29) is 0 Å². The molecule has 1 aliphatic carbocycles. The fourth-order valence-electron chi connectivity index (χ4n) is 8.00. The van der Waals surface area contributed by atoms with Gasteiger partial charge >= 0.3 is 0 Å². The zero-order chi connectivity index (χ0) is 33.1. The largest absolute Gasteiger partial charge is 0.457 e. The topological polar surface area (TPSA) is 35.0 Å². The van der Waals surface area contributed by atoms with E-state index in [1.807, 2.05) is 42.5 Å². The molecule has 234 valence electrons. The molecule has 3 nitrogen and oxygen atoms in total. The van der Waals surface area contributed by atoms with Gasteiger partial charge in [-0.25, -0.2) is 0 Å². The highest BCUT2D eigenvalue weighted by molar-refractivity contribution is 5.89. The number of rotatable bonds is 4. The molecule has 0 amide bonds. The Balaban J connectivity index is 1.01. The van der Waals surface area contributed by atoms with Crippen molar-refractivity contribution < 1.29 is 4.74 Å². The Kier molecular flexibility index (Phi) is 6.40. The van der Waals surface area contributed by atoms with Crippen molar-refractivity contribution >= 4 is 0 Å². The van der Waals surface area contributed by atoms with Gasteiger partial charge in [-0.05, 0) is 74.8 Å². The molecule has 8 aromatic rings. The minimum atomic E-state index is -0.453. The summed E-state index contributed by atoms with van der Waals surface area (Å²) in [7, 11) is 0. The zero-order valence-electron chi connectivity index (χ0n) is 27.1. The maximum Gasteiger partial charge on any atom is 0.132 e. The molecule has 10 rings (SSSR count). The standard InChI is InChI=1S/C47H30N2O/c1-2-11-32(12-3-1)43-27-28-44(49-48-43)33-23-21-31(22-24-33)34-13-10-14-35(29-34)36-25-26-42-46(30-36)50-45-20-9-8-19-41(45)47(42)39-17-6-4-15-37(39)38-16-5-7-18-40(38)47/h1-30H. The number of hydrogen-bond donors (Lipinski definition) is 0. The lowest BCUT2D eigenvalue weighted by atomic mass is 9.66. The Morgan fingerprint density at radius 1 is 0.320 bits per heavy atom. The van der Waals surface area contributed by atoms with Crippen molar-refractivity contribution in [1.82, 2.24) is 10.2 Å². The quantitative estimate of drug-likeness (QED) is 0.192. The van der Waals surface area contributed by atoms with Crippen molar-refractivity contribution in [2.45, 2.75) is 5.41 Å². The Hall–Kier alpha value is -6.58. The summed E-state index contributed by atoms with van der Waals surface area (Å²) in [5.41, 5.74) is 15.4. The highest BCUT2D eigenvalue weighted by atomic mass is 16.5. The van der Waals surface area contributed by atoms with Crippen LogP contribution in [0.3, 0.4) is 0 Å². The third-order valence-electron chi connectivity index (χ3n) is 10.3. The second-order valence-corrected chi connectivity index (χ2v) is 13.0. The van der Waals surface area contributed by atoms with E-state index in [1.54, 1.807) is 0 Å². The van der Waals surface area contributed by atoms with Crippen molar-refractivity contribution in [3.63, 3.8) is 0 Å². The molecule has 2 heterocycles. The minimum absolute atomic E-state index is 0.453. The molecular weight excluding hydrogens is 609 g/mol. The molecule has 0 saturated heterocycles. The molecule has 0 radical (unpaired) electrons. The Labute approximate surface area is 291 Å². The number of fused-ring (bicyclic) bond motifs is 9. The monoisotopic (exact) mass is 638 g/mol. The first-order valence-electron chi connectivity index (χ1n) is 17.0. The summed E-state index contributed by atoms with van der Waals surface area (Å²) in [6, 6.07) is 64.4. The molecule has 0 fully saturated rings. The number of benzene rings is 7. The van der Waals surface area contributed by atoms with E-state index >= 15 is 0 Å². The lowest BCUT2D eigenvalue weighted by Crippen LogP contribution is -2.32. The van der Waals surface area contributed by atoms with Crippen molar-refractivity contribution in [1.29, 1.82) is 0 Å². The first kappa shape index (κ1) is 28.4. The van der Waals surface area contributed by atoms with Crippen molar-refractivity contribution in [2.75, 3.05) is 0 Å². The first-order chi connectivity index (χ1) is 24.8. The zero-order valence-corrected chi connectivity index (χ0v) is 27.1. The Bertz CT molecular complexity index is 2510. The Morgan fingerprint density at radius 3 is 1.48 bits per heavy atom. The maximum absolute atomic E-state index is 6.75. The molecule has 1 spiro atoms. The summed E-state index contributed by atoms with van der Waals surface area (Å²) in [5, 5.41) is 9.00. The van der Waals surface area contributed by atoms with E-state index in [4.69, 9.17) is 4.74 Å². The number of ether oxygens (including phenoxy) is 1. The van der Waals surface area contributed by atoms with Crippen LogP contribution in [0.1, 0.15) is 22.3 Å². The number of hydrogen-bond acceptors (Lipinski definition) is 3. The number of nitrogens with zero attached hydrogens (tertiary/aromatic N) is 2. The van der Waals surface area contributed by atoms with Crippen LogP contribution in [0.15, 0.2) is 182 Å². The summed E-state index contributed by atoms with van der Waals surface area (Å²) in [6.45, 7) is 0. The van der Waals surface area contributed by atoms with Gasteiger partial charge in [0.05, 0.1) is 16.8 Å². The van der Waals surface area contributed by atoms with Gasteiger partial charge in [-0.15, -0.1) is 10.2 Å². The van der Waals surface area contributed by atoms with Crippen molar-refractivity contribution in [3.05, 3.63) is 204 Å². The average Bonchev–Trinajstić information content (AvgIpc) is 3.49. The van der Waals surface area contributed by atoms with Crippen LogP contribution in [0, 0.1) is 0 Å². The molecule has 1 aromatic heterocycles. The molecular formula is C47H30N2O. The first-order valence-corrected chi connectivity index (χ1v) is 17.0. The van der Waals surface area contributed by atoms with Crippen LogP contribution in [-0.4, -0.2) is 10.2 Å². The second kappa shape index (κ2) is 11.3. The minimum Gasteiger partial charge on any atom is -0.457 e. The molecule has 0 unspecified atom stereocenters. The van der Waals surface area contributed by atoms with Crippen LogP contribution in [0.25, 0.3) is 55.9 Å². The summed E-state index contributed by atoms with van der Waals surface area (Å²) >= 11 is 0. The van der Waals surface area contributed by atoms with Crippen LogP contribution in [0.2, 0.25) is 0 Å². The normalized spacial score (nSPS) is 13.1. The van der Waals surface area contributed by atoms with E-state index in [1.165, 1.54) is 33.4 Å². The van der Waals surface area contributed by atoms with Crippen molar-refractivity contribution in [3.8, 4) is 67.4 Å². The molecule has 2 aliphatic rings. The predicted octanol–water partition coefficient (Wildman–Crippen LogP) is 11.6. The summed E-state index contributed by atoms with van der Waals surface area (Å²) < 4.78 is 6.75. The highest BCUT2D eigenvalue weighted by Gasteiger charge is 2.50. The van der Waals surface area contributed by atoms with Gasteiger partial charge in [-0.2, -0.15) is 0 Å².